The Bertz CT molecular complexity index is 616. The van der Waals surface area contributed by atoms with Crippen LogP contribution in [0.3, 0.4) is 0 Å². The average molecular weight is 260 g/mol. The molecule has 1 aliphatic rings. The molecule has 5 heteroatoms. The third-order valence-electron chi connectivity index (χ3n) is 2.87. The summed E-state index contributed by atoms with van der Waals surface area (Å²) >= 11 is 0. The number of fused-ring (bicyclic) bond motifs is 1. The van der Waals surface area contributed by atoms with Crippen LogP contribution in [0, 0.1) is 5.82 Å². The van der Waals surface area contributed by atoms with E-state index in [-0.39, 0.29) is 5.69 Å². The minimum atomic E-state index is -0.442. The lowest BCUT2D eigenvalue weighted by molar-refractivity contribution is 0.171. The van der Waals surface area contributed by atoms with Crippen LogP contribution in [0.25, 0.3) is 0 Å². The maximum Gasteiger partial charge on any atom is 0.163 e. The van der Waals surface area contributed by atoms with Crippen LogP contribution in [0.5, 0.6) is 11.5 Å². The van der Waals surface area contributed by atoms with Crippen LogP contribution in [0.15, 0.2) is 36.4 Å². The Morgan fingerprint density at radius 1 is 1.05 bits per heavy atom. The highest BCUT2D eigenvalue weighted by Crippen LogP contribution is 2.34. The fourth-order valence-corrected chi connectivity index (χ4v) is 1.92. The minimum Gasteiger partial charge on any atom is -0.486 e. The quantitative estimate of drug-likeness (QED) is 0.815. The summed E-state index contributed by atoms with van der Waals surface area (Å²) in [4.78, 5) is 0. The van der Waals surface area contributed by atoms with Gasteiger partial charge in [0.1, 0.15) is 19.0 Å². The van der Waals surface area contributed by atoms with E-state index in [1.54, 1.807) is 18.2 Å². The zero-order chi connectivity index (χ0) is 13.2. The predicted molar refractivity (Wildman–Crippen MR) is 71.5 cm³/mol. The van der Waals surface area contributed by atoms with Crippen LogP contribution in [0.4, 0.5) is 21.5 Å². The van der Waals surface area contributed by atoms with Gasteiger partial charge < -0.3 is 20.5 Å². The zero-order valence-corrected chi connectivity index (χ0v) is 10.2. The fourth-order valence-electron chi connectivity index (χ4n) is 1.92. The lowest BCUT2D eigenvalue weighted by Gasteiger charge is -2.19. The average Bonchev–Trinajstić information content (AvgIpc) is 2.44. The summed E-state index contributed by atoms with van der Waals surface area (Å²) in [6.45, 7) is 1.08. The molecule has 2 aromatic rings. The van der Waals surface area contributed by atoms with E-state index in [0.717, 1.165) is 5.69 Å². The molecule has 2 aromatic carbocycles. The molecule has 0 aliphatic carbocycles. The number of anilines is 3. The van der Waals surface area contributed by atoms with Gasteiger partial charge in [0.25, 0.3) is 0 Å². The van der Waals surface area contributed by atoms with Crippen molar-refractivity contribution in [1.29, 1.82) is 0 Å². The normalized spacial score (nSPS) is 13.1. The zero-order valence-electron chi connectivity index (χ0n) is 10.2. The van der Waals surface area contributed by atoms with E-state index in [4.69, 9.17) is 15.2 Å². The molecular weight excluding hydrogens is 247 g/mol. The number of hydrogen-bond donors (Lipinski definition) is 2. The molecular formula is C14H13FN2O2. The molecule has 3 rings (SSSR count). The van der Waals surface area contributed by atoms with Gasteiger partial charge in [0, 0.05) is 11.8 Å². The van der Waals surface area contributed by atoms with Crippen molar-refractivity contribution in [2.24, 2.45) is 0 Å². The van der Waals surface area contributed by atoms with Crippen LogP contribution in [0.1, 0.15) is 0 Å². The molecule has 0 bridgehead atoms. The number of hydrogen-bond acceptors (Lipinski definition) is 4. The number of rotatable bonds is 2. The summed E-state index contributed by atoms with van der Waals surface area (Å²) in [5.74, 6) is 0.942. The van der Waals surface area contributed by atoms with E-state index in [0.29, 0.717) is 30.4 Å². The third-order valence-corrected chi connectivity index (χ3v) is 2.87. The highest BCUT2D eigenvalue weighted by atomic mass is 19.1. The van der Waals surface area contributed by atoms with Gasteiger partial charge in [-0.25, -0.2) is 4.39 Å². The van der Waals surface area contributed by atoms with E-state index in [2.05, 4.69) is 5.32 Å². The first-order valence-corrected chi connectivity index (χ1v) is 5.95. The minimum absolute atomic E-state index is 0.0948. The van der Waals surface area contributed by atoms with Crippen LogP contribution < -0.4 is 20.5 Å². The van der Waals surface area contributed by atoms with Crippen molar-refractivity contribution in [2.75, 3.05) is 24.3 Å². The summed E-state index contributed by atoms with van der Waals surface area (Å²) in [5.41, 5.74) is 7.06. The van der Waals surface area contributed by atoms with Crippen molar-refractivity contribution in [3.8, 4) is 11.5 Å². The van der Waals surface area contributed by atoms with Crippen LogP contribution >= 0.6 is 0 Å². The van der Waals surface area contributed by atoms with Crippen molar-refractivity contribution < 1.29 is 13.9 Å². The van der Waals surface area contributed by atoms with Gasteiger partial charge >= 0.3 is 0 Å². The molecule has 0 atom stereocenters. The number of nitrogens with two attached hydrogens (primary N) is 1. The molecule has 1 heterocycles. The highest BCUT2D eigenvalue weighted by Gasteiger charge is 2.12. The Labute approximate surface area is 109 Å². The van der Waals surface area contributed by atoms with Crippen molar-refractivity contribution >= 4 is 17.1 Å². The molecule has 98 valence electrons. The van der Waals surface area contributed by atoms with Crippen molar-refractivity contribution in [3.05, 3.63) is 42.2 Å². The van der Waals surface area contributed by atoms with Gasteiger partial charge in [-0.3, -0.25) is 0 Å². The van der Waals surface area contributed by atoms with Crippen LogP contribution in [-0.2, 0) is 0 Å². The van der Waals surface area contributed by atoms with Crippen molar-refractivity contribution in [1.82, 2.24) is 0 Å². The Hall–Kier alpha value is -2.43. The topological polar surface area (TPSA) is 56.5 Å². The Morgan fingerprint density at radius 3 is 2.68 bits per heavy atom. The van der Waals surface area contributed by atoms with E-state index in [1.807, 2.05) is 12.1 Å². The largest absolute Gasteiger partial charge is 0.486 e. The standard InChI is InChI=1S/C14H13FN2O2/c15-10-2-1-3-11(14(10)16)17-9-4-5-12-13(8-9)19-7-6-18-12/h1-5,8,17H,6-7,16H2. The summed E-state index contributed by atoms with van der Waals surface area (Å²) in [6, 6.07) is 10.1. The van der Waals surface area contributed by atoms with Gasteiger partial charge in [0.05, 0.1) is 11.4 Å². The Kier molecular flexibility index (Phi) is 2.87. The summed E-state index contributed by atoms with van der Waals surface area (Å²) in [7, 11) is 0. The molecule has 0 amide bonds. The first-order valence-electron chi connectivity index (χ1n) is 5.95. The van der Waals surface area contributed by atoms with Crippen molar-refractivity contribution in [3.63, 3.8) is 0 Å². The molecule has 0 saturated heterocycles. The van der Waals surface area contributed by atoms with Crippen molar-refractivity contribution in [2.45, 2.75) is 0 Å². The Morgan fingerprint density at radius 2 is 1.84 bits per heavy atom. The molecule has 0 fully saturated rings. The first kappa shape index (κ1) is 11.6. The van der Waals surface area contributed by atoms with E-state index >= 15 is 0 Å². The van der Waals surface area contributed by atoms with Gasteiger partial charge in [0.15, 0.2) is 11.5 Å². The molecule has 4 nitrogen and oxygen atoms in total. The number of benzene rings is 2. The molecule has 0 aromatic heterocycles. The number of nitrogens with one attached hydrogen (secondary N) is 1. The second-order valence-electron chi connectivity index (χ2n) is 4.18. The fraction of sp³-hybridized carbons (Fsp3) is 0.143. The van der Waals surface area contributed by atoms with Gasteiger partial charge in [-0.15, -0.1) is 0 Å². The van der Waals surface area contributed by atoms with E-state index < -0.39 is 5.82 Å². The molecule has 3 N–H and O–H groups in total. The molecule has 19 heavy (non-hydrogen) atoms. The van der Waals surface area contributed by atoms with Crippen LogP contribution in [0.2, 0.25) is 0 Å². The SMILES string of the molecule is Nc1c(F)cccc1Nc1ccc2c(c1)OCCO2. The smallest absolute Gasteiger partial charge is 0.163 e. The van der Waals surface area contributed by atoms with E-state index in [1.165, 1.54) is 6.07 Å². The maximum atomic E-state index is 13.3. The predicted octanol–water partition coefficient (Wildman–Crippen LogP) is 2.92. The van der Waals surface area contributed by atoms with Gasteiger partial charge in [-0.1, -0.05) is 6.07 Å². The summed E-state index contributed by atoms with van der Waals surface area (Å²) in [5, 5.41) is 3.06. The maximum absolute atomic E-state index is 13.3. The third kappa shape index (κ3) is 2.27. The van der Waals surface area contributed by atoms with Gasteiger partial charge in [-0.05, 0) is 24.3 Å². The second kappa shape index (κ2) is 4.68. The second-order valence-corrected chi connectivity index (χ2v) is 4.18. The highest BCUT2D eigenvalue weighted by molar-refractivity contribution is 5.73. The lowest BCUT2D eigenvalue weighted by Crippen LogP contribution is -2.15. The molecule has 0 radical (unpaired) electrons. The number of halogens is 1. The summed E-state index contributed by atoms with van der Waals surface area (Å²) < 4.78 is 24.3. The number of para-hydroxylation sites is 1. The molecule has 0 spiro atoms. The monoisotopic (exact) mass is 260 g/mol. The number of nitrogen functional groups attached to an aromatic ring is 1. The summed E-state index contributed by atoms with van der Waals surface area (Å²) in [6.07, 6.45) is 0. The van der Waals surface area contributed by atoms with E-state index in [9.17, 15) is 4.39 Å². The first-order chi connectivity index (χ1) is 9.24. The molecule has 1 aliphatic heterocycles. The van der Waals surface area contributed by atoms with Gasteiger partial charge in [0.2, 0.25) is 0 Å². The van der Waals surface area contributed by atoms with Crippen LogP contribution in [-0.4, -0.2) is 13.2 Å². The Balaban J connectivity index is 1.89. The number of ether oxygens (including phenoxy) is 2. The molecule has 0 saturated carbocycles. The molecule has 0 unspecified atom stereocenters. The van der Waals surface area contributed by atoms with Gasteiger partial charge in [-0.2, -0.15) is 0 Å². The lowest BCUT2D eigenvalue weighted by atomic mass is 10.2.